The third-order valence-corrected chi connectivity index (χ3v) is 9.03. The van der Waals surface area contributed by atoms with Crippen LogP contribution in [0.15, 0.2) is 66.7 Å². The molecule has 2 aliphatic carbocycles. The Morgan fingerprint density at radius 2 is 1.45 bits per heavy atom. The Labute approximate surface area is 259 Å². The van der Waals surface area contributed by atoms with E-state index in [0.717, 1.165) is 60.7 Å². The summed E-state index contributed by atoms with van der Waals surface area (Å²) in [6.45, 7) is 1.98. The number of hydrogen-bond donors (Lipinski definition) is 3. The Hall–Kier alpha value is -4.46. The maximum Gasteiger partial charge on any atom is 0.252 e. The summed E-state index contributed by atoms with van der Waals surface area (Å²) in [5.74, 6) is 1.26. The van der Waals surface area contributed by atoms with Crippen LogP contribution >= 0.6 is 0 Å². The van der Waals surface area contributed by atoms with Gasteiger partial charge in [-0.2, -0.15) is 4.98 Å². The van der Waals surface area contributed by atoms with Crippen molar-refractivity contribution < 1.29 is 9.59 Å². The lowest BCUT2D eigenvalue weighted by atomic mass is 9.91. The van der Waals surface area contributed by atoms with Crippen molar-refractivity contribution in [2.24, 2.45) is 0 Å². The zero-order chi connectivity index (χ0) is 30.6. The Balaban J connectivity index is 1.07. The minimum Gasteiger partial charge on any atom is -0.362 e. The van der Waals surface area contributed by atoms with Gasteiger partial charge in [-0.25, -0.2) is 4.98 Å². The molecule has 3 N–H and O–H groups in total. The van der Waals surface area contributed by atoms with E-state index in [4.69, 9.17) is 9.97 Å². The molecule has 44 heavy (non-hydrogen) atoms. The minimum absolute atomic E-state index is 0.0491. The van der Waals surface area contributed by atoms with E-state index in [1.807, 2.05) is 45.3 Å². The summed E-state index contributed by atoms with van der Waals surface area (Å²) in [5.41, 5.74) is 4.29. The fourth-order valence-corrected chi connectivity index (χ4v) is 6.70. The summed E-state index contributed by atoms with van der Waals surface area (Å²) < 4.78 is 0. The van der Waals surface area contributed by atoms with Crippen molar-refractivity contribution in [3.8, 4) is 0 Å². The molecule has 8 nitrogen and oxygen atoms in total. The van der Waals surface area contributed by atoms with Crippen LogP contribution in [0.2, 0.25) is 0 Å². The van der Waals surface area contributed by atoms with Crippen LogP contribution in [0.1, 0.15) is 89.0 Å². The van der Waals surface area contributed by atoms with Crippen molar-refractivity contribution in [2.75, 3.05) is 24.3 Å². The van der Waals surface area contributed by atoms with E-state index in [0.29, 0.717) is 17.1 Å². The van der Waals surface area contributed by atoms with Crippen LogP contribution in [-0.4, -0.2) is 48.0 Å². The molecule has 2 amide bonds. The molecular formula is C36H42N6O2. The van der Waals surface area contributed by atoms with Crippen molar-refractivity contribution in [3.63, 3.8) is 0 Å². The van der Waals surface area contributed by atoms with Gasteiger partial charge in [0.1, 0.15) is 5.82 Å². The number of hydrogen-bond acceptors (Lipinski definition) is 6. The molecule has 228 valence electrons. The number of benzene rings is 3. The number of rotatable bonds is 8. The maximum atomic E-state index is 13.4. The normalized spacial score (nSPS) is 18.6. The lowest BCUT2D eigenvalue weighted by Gasteiger charge is -2.30. The minimum atomic E-state index is -0.258. The Kier molecular flexibility index (Phi) is 8.77. The average molecular weight is 591 g/mol. The third-order valence-electron chi connectivity index (χ3n) is 9.03. The van der Waals surface area contributed by atoms with Crippen molar-refractivity contribution >= 4 is 34.4 Å². The van der Waals surface area contributed by atoms with E-state index >= 15 is 0 Å². The van der Waals surface area contributed by atoms with Crippen molar-refractivity contribution in [3.05, 3.63) is 94.7 Å². The number of anilines is 2. The van der Waals surface area contributed by atoms with Gasteiger partial charge in [0.2, 0.25) is 5.95 Å². The highest BCUT2D eigenvalue weighted by Crippen LogP contribution is 2.30. The number of aryl methyl sites for hydroxylation is 1. The molecule has 1 fully saturated rings. The molecule has 0 bridgehead atoms. The van der Waals surface area contributed by atoms with Crippen molar-refractivity contribution in [2.45, 2.75) is 76.4 Å². The average Bonchev–Trinajstić information content (AvgIpc) is 3.04. The predicted molar refractivity (Wildman–Crippen MR) is 176 cm³/mol. The highest BCUT2D eigenvalue weighted by Gasteiger charge is 2.26. The van der Waals surface area contributed by atoms with E-state index in [9.17, 15) is 9.59 Å². The molecule has 8 heteroatoms. The number of fused-ring (bicyclic) bond motifs is 2. The molecule has 1 atom stereocenters. The van der Waals surface area contributed by atoms with E-state index in [1.54, 1.807) is 24.3 Å². The first kappa shape index (κ1) is 29.6. The van der Waals surface area contributed by atoms with Gasteiger partial charge in [0.25, 0.3) is 11.8 Å². The highest BCUT2D eigenvalue weighted by atomic mass is 16.2. The van der Waals surface area contributed by atoms with Crippen LogP contribution in [0.25, 0.3) is 10.8 Å². The smallest absolute Gasteiger partial charge is 0.252 e. The van der Waals surface area contributed by atoms with Crippen molar-refractivity contribution in [1.29, 1.82) is 0 Å². The summed E-state index contributed by atoms with van der Waals surface area (Å²) in [6, 6.07) is 21.4. The Morgan fingerprint density at radius 1 is 0.795 bits per heavy atom. The second-order valence-electron chi connectivity index (χ2n) is 12.4. The van der Waals surface area contributed by atoms with E-state index < -0.39 is 0 Å². The first-order valence-electron chi connectivity index (χ1n) is 15.9. The first-order chi connectivity index (χ1) is 21.4. The van der Waals surface area contributed by atoms with Crippen molar-refractivity contribution in [1.82, 2.24) is 20.6 Å². The van der Waals surface area contributed by atoms with E-state index in [2.05, 4.69) is 39.0 Å². The molecule has 6 rings (SSSR count). The zero-order valence-corrected chi connectivity index (χ0v) is 25.9. The molecule has 1 heterocycles. The SMILES string of the molecule is C[C@@H](NC(=O)c1ccccc1C(=O)NC1CCC(Nc2nc3c(c(N(C)C)n2)CCCC3)CC1)c1cccc2ccccc12. The van der Waals surface area contributed by atoms with Gasteiger partial charge in [0.05, 0.1) is 22.9 Å². The highest BCUT2D eigenvalue weighted by molar-refractivity contribution is 6.07. The molecule has 0 radical (unpaired) electrons. The zero-order valence-electron chi connectivity index (χ0n) is 25.9. The monoisotopic (exact) mass is 590 g/mol. The summed E-state index contributed by atoms with van der Waals surface area (Å²) in [7, 11) is 4.09. The van der Waals surface area contributed by atoms with E-state index in [-0.39, 0.29) is 29.9 Å². The number of carbonyl (C=O) groups is 2. The largest absolute Gasteiger partial charge is 0.362 e. The quantitative estimate of drug-likeness (QED) is 0.225. The van der Waals surface area contributed by atoms with Gasteiger partial charge < -0.3 is 20.9 Å². The number of amides is 2. The van der Waals surface area contributed by atoms with Crippen LogP contribution in [0.5, 0.6) is 0 Å². The molecule has 0 spiro atoms. The summed E-state index contributed by atoms with van der Waals surface area (Å²) >= 11 is 0. The maximum absolute atomic E-state index is 13.4. The molecule has 0 unspecified atom stereocenters. The van der Waals surface area contributed by atoms with Gasteiger partial charge >= 0.3 is 0 Å². The first-order valence-corrected chi connectivity index (χ1v) is 15.9. The van der Waals surface area contributed by atoms with Gasteiger partial charge in [0, 0.05) is 31.7 Å². The lowest BCUT2D eigenvalue weighted by Crippen LogP contribution is -2.41. The predicted octanol–water partition coefficient (Wildman–Crippen LogP) is 6.22. The molecule has 1 aromatic heterocycles. The standard InChI is InChI=1S/C36H42N6O2/c1-23(27-17-10-12-24-11-4-5-13-28(24)27)37-34(43)29-14-6-7-15-30(29)35(44)38-25-19-21-26(22-20-25)39-36-40-32-18-9-8-16-31(32)33(41-36)42(2)3/h4-7,10-15,17,23,25-26H,8-9,16,18-22H2,1-3H3,(H,37,43)(H,38,44)(H,39,40,41)/t23-,25?,26?/m1/s1. The topological polar surface area (TPSA) is 99.2 Å². The second kappa shape index (κ2) is 13.0. The Morgan fingerprint density at radius 3 is 2.23 bits per heavy atom. The number of nitrogens with one attached hydrogen (secondary N) is 3. The fourth-order valence-electron chi connectivity index (χ4n) is 6.70. The van der Waals surface area contributed by atoms with Gasteiger partial charge in [-0.05, 0) is 86.8 Å². The number of carbonyl (C=O) groups excluding carboxylic acids is 2. The van der Waals surface area contributed by atoms with Gasteiger partial charge in [-0.15, -0.1) is 0 Å². The molecule has 4 aromatic rings. The van der Waals surface area contributed by atoms with Gasteiger partial charge in [0.15, 0.2) is 0 Å². The van der Waals surface area contributed by atoms with Gasteiger partial charge in [-0.1, -0.05) is 54.6 Å². The lowest BCUT2D eigenvalue weighted by molar-refractivity contribution is 0.0897. The summed E-state index contributed by atoms with van der Waals surface area (Å²) in [6.07, 6.45) is 7.94. The molecule has 1 saturated carbocycles. The summed E-state index contributed by atoms with van der Waals surface area (Å²) in [5, 5.41) is 12.1. The third kappa shape index (κ3) is 6.39. The van der Waals surface area contributed by atoms with Crippen LogP contribution in [0.4, 0.5) is 11.8 Å². The molecule has 3 aromatic carbocycles. The van der Waals surface area contributed by atoms with Crippen LogP contribution in [-0.2, 0) is 12.8 Å². The van der Waals surface area contributed by atoms with Crippen LogP contribution < -0.4 is 20.9 Å². The van der Waals surface area contributed by atoms with Crippen LogP contribution in [0, 0.1) is 0 Å². The molecule has 2 aliphatic rings. The van der Waals surface area contributed by atoms with Gasteiger partial charge in [-0.3, -0.25) is 9.59 Å². The number of nitrogens with zero attached hydrogens (tertiary/aromatic N) is 3. The Bertz CT molecular complexity index is 1650. The second-order valence-corrected chi connectivity index (χ2v) is 12.4. The number of aromatic nitrogens is 2. The fraction of sp³-hybridized carbons (Fsp3) is 0.389. The molecule has 0 aliphatic heterocycles. The molecule has 0 saturated heterocycles. The summed E-state index contributed by atoms with van der Waals surface area (Å²) in [4.78, 5) is 38.7. The van der Waals surface area contributed by atoms with Crippen LogP contribution in [0.3, 0.4) is 0 Å². The van der Waals surface area contributed by atoms with E-state index in [1.165, 1.54) is 24.1 Å². The molecular weight excluding hydrogens is 548 g/mol.